The molecule has 7 nitrogen and oxygen atoms in total. The molecule has 1 heterocycles. The molecule has 0 radical (unpaired) electrons. The molecule has 0 bridgehead atoms. The summed E-state index contributed by atoms with van der Waals surface area (Å²) >= 11 is 1.40. The quantitative estimate of drug-likeness (QED) is 0.451. The van der Waals surface area contributed by atoms with Gasteiger partial charge >= 0.3 is 0 Å². The number of unbranched alkanes of at least 4 members (excludes halogenated alkanes) is 1. The van der Waals surface area contributed by atoms with E-state index in [1.807, 2.05) is 48.5 Å². The molecule has 1 aromatic heterocycles. The molecule has 3 rings (SSSR count). The number of aromatic nitrogens is 3. The van der Waals surface area contributed by atoms with Crippen molar-refractivity contribution >= 4 is 17.7 Å². The highest BCUT2D eigenvalue weighted by Gasteiger charge is 2.16. The van der Waals surface area contributed by atoms with Crippen molar-refractivity contribution in [1.29, 1.82) is 0 Å². The summed E-state index contributed by atoms with van der Waals surface area (Å²) in [6.07, 6.45) is 2.07. The van der Waals surface area contributed by atoms with E-state index in [1.165, 1.54) is 11.8 Å². The second-order valence-corrected chi connectivity index (χ2v) is 7.86. The molecule has 0 saturated heterocycles. The van der Waals surface area contributed by atoms with Crippen LogP contribution in [0.5, 0.6) is 11.5 Å². The number of methoxy groups -OCH3 is 2. The third-order valence-electron chi connectivity index (χ3n) is 4.80. The van der Waals surface area contributed by atoms with Crippen LogP contribution in [0.3, 0.4) is 0 Å². The maximum atomic E-state index is 12.4. The molecule has 0 spiro atoms. The Labute approximate surface area is 187 Å². The minimum Gasteiger partial charge on any atom is -0.497 e. The third kappa shape index (κ3) is 6.01. The second-order valence-electron chi connectivity index (χ2n) is 6.92. The van der Waals surface area contributed by atoms with Crippen LogP contribution in [0, 0.1) is 0 Å². The van der Waals surface area contributed by atoms with Gasteiger partial charge in [-0.1, -0.05) is 43.3 Å². The van der Waals surface area contributed by atoms with Crippen molar-refractivity contribution in [3.8, 4) is 22.9 Å². The Morgan fingerprint density at radius 1 is 1.06 bits per heavy atom. The first kappa shape index (κ1) is 22.7. The number of hydrogen-bond donors (Lipinski definition) is 1. The predicted octanol–water partition coefficient (Wildman–Crippen LogP) is 4.17. The molecule has 3 aromatic rings. The van der Waals surface area contributed by atoms with E-state index in [2.05, 4.69) is 27.0 Å². The average Bonchev–Trinajstić information content (AvgIpc) is 3.22. The molecule has 0 aliphatic carbocycles. The van der Waals surface area contributed by atoms with Crippen LogP contribution in [0.1, 0.15) is 25.3 Å². The van der Waals surface area contributed by atoms with Crippen LogP contribution in [-0.4, -0.2) is 40.6 Å². The van der Waals surface area contributed by atoms with Crippen LogP contribution in [0.4, 0.5) is 0 Å². The fourth-order valence-electron chi connectivity index (χ4n) is 3.09. The number of thioether (sulfide) groups is 1. The Balaban J connectivity index is 1.66. The number of carbonyl (C=O) groups excluding carboxylic acids is 1. The molecule has 164 valence electrons. The number of para-hydroxylation sites is 1. The smallest absolute Gasteiger partial charge is 0.230 e. The number of benzene rings is 2. The van der Waals surface area contributed by atoms with Gasteiger partial charge in [-0.15, -0.1) is 10.2 Å². The summed E-state index contributed by atoms with van der Waals surface area (Å²) in [4.78, 5) is 12.4. The van der Waals surface area contributed by atoms with Crippen LogP contribution < -0.4 is 14.8 Å². The molecule has 8 heteroatoms. The van der Waals surface area contributed by atoms with Gasteiger partial charge in [0.2, 0.25) is 5.91 Å². The SMILES string of the molecule is CCCCn1c(SCC(=O)NCc2ccccc2OC)nnc1-c1ccc(OC)cc1. The fourth-order valence-corrected chi connectivity index (χ4v) is 3.89. The number of nitrogens with one attached hydrogen (secondary N) is 1. The van der Waals surface area contributed by atoms with Crippen molar-refractivity contribution in [2.75, 3.05) is 20.0 Å². The Morgan fingerprint density at radius 2 is 1.84 bits per heavy atom. The first-order valence-electron chi connectivity index (χ1n) is 10.2. The number of ether oxygens (including phenoxy) is 2. The standard InChI is InChI=1S/C23H28N4O3S/c1-4-5-14-27-22(17-10-12-19(29-2)13-11-17)25-26-23(27)31-16-21(28)24-15-18-8-6-7-9-20(18)30-3/h6-13H,4-5,14-16H2,1-3H3,(H,24,28). The highest BCUT2D eigenvalue weighted by atomic mass is 32.2. The van der Waals surface area contributed by atoms with E-state index >= 15 is 0 Å². The van der Waals surface area contributed by atoms with E-state index in [9.17, 15) is 4.79 Å². The lowest BCUT2D eigenvalue weighted by Crippen LogP contribution is -2.25. The van der Waals surface area contributed by atoms with E-state index in [0.29, 0.717) is 6.54 Å². The number of hydrogen-bond acceptors (Lipinski definition) is 6. The lowest BCUT2D eigenvalue weighted by molar-refractivity contribution is -0.118. The average molecular weight is 441 g/mol. The normalized spacial score (nSPS) is 10.7. The molecule has 31 heavy (non-hydrogen) atoms. The molecule has 0 unspecified atom stereocenters. The Bertz CT molecular complexity index is 989. The number of amides is 1. The largest absolute Gasteiger partial charge is 0.497 e. The summed E-state index contributed by atoms with van der Waals surface area (Å²) in [6.45, 7) is 3.37. The minimum atomic E-state index is -0.0630. The van der Waals surface area contributed by atoms with E-state index in [1.54, 1.807) is 14.2 Å². The van der Waals surface area contributed by atoms with Crippen LogP contribution in [0.25, 0.3) is 11.4 Å². The molecule has 0 fully saturated rings. The predicted molar refractivity (Wildman–Crippen MR) is 122 cm³/mol. The molecule has 0 saturated carbocycles. The van der Waals surface area contributed by atoms with Crippen LogP contribution in [0.2, 0.25) is 0 Å². The Morgan fingerprint density at radius 3 is 2.55 bits per heavy atom. The minimum absolute atomic E-state index is 0.0630. The lowest BCUT2D eigenvalue weighted by atomic mass is 10.2. The summed E-state index contributed by atoms with van der Waals surface area (Å²) < 4.78 is 12.7. The maximum Gasteiger partial charge on any atom is 0.230 e. The van der Waals surface area contributed by atoms with Gasteiger partial charge in [0.05, 0.1) is 20.0 Å². The zero-order valence-electron chi connectivity index (χ0n) is 18.1. The van der Waals surface area contributed by atoms with Gasteiger partial charge in [-0.2, -0.15) is 0 Å². The van der Waals surface area contributed by atoms with E-state index in [4.69, 9.17) is 9.47 Å². The molecule has 0 atom stereocenters. The maximum absolute atomic E-state index is 12.4. The van der Waals surface area contributed by atoms with Gasteiger partial charge in [0, 0.05) is 24.2 Å². The monoisotopic (exact) mass is 440 g/mol. The van der Waals surface area contributed by atoms with Gasteiger partial charge < -0.3 is 19.4 Å². The number of nitrogens with zero attached hydrogens (tertiary/aromatic N) is 3. The van der Waals surface area contributed by atoms with Crippen LogP contribution in [0.15, 0.2) is 53.7 Å². The first-order chi connectivity index (χ1) is 15.2. The second kappa shape index (κ2) is 11.4. The molecule has 1 amide bonds. The van der Waals surface area contributed by atoms with Gasteiger partial charge in [0.15, 0.2) is 11.0 Å². The van der Waals surface area contributed by atoms with Gasteiger partial charge in [-0.25, -0.2) is 0 Å². The van der Waals surface area contributed by atoms with Gasteiger partial charge in [0.1, 0.15) is 11.5 Å². The van der Waals surface area contributed by atoms with E-state index in [0.717, 1.165) is 53.0 Å². The van der Waals surface area contributed by atoms with Gasteiger partial charge in [-0.3, -0.25) is 4.79 Å². The topological polar surface area (TPSA) is 78.3 Å². The molecule has 1 N–H and O–H groups in total. The van der Waals surface area contributed by atoms with Crippen molar-refractivity contribution in [3.05, 3.63) is 54.1 Å². The van der Waals surface area contributed by atoms with Gasteiger partial charge in [-0.05, 0) is 36.8 Å². The van der Waals surface area contributed by atoms with Crippen molar-refractivity contribution in [3.63, 3.8) is 0 Å². The van der Waals surface area contributed by atoms with Crippen molar-refractivity contribution < 1.29 is 14.3 Å². The summed E-state index contributed by atoms with van der Waals surface area (Å²) in [6, 6.07) is 15.4. The summed E-state index contributed by atoms with van der Waals surface area (Å²) in [5, 5.41) is 12.4. The van der Waals surface area contributed by atoms with Crippen LogP contribution in [-0.2, 0) is 17.9 Å². The third-order valence-corrected chi connectivity index (χ3v) is 5.77. The summed E-state index contributed by atoms with van der Waals surface area (Å²) in [5.74, 6) is 2.56. The Kier molecular flexibility index (Phi) is 8.35. The lowest BCUT2D eigenvalue weighted by Gasteiger charge is -2.11. The van der Waals surface area contributed by atoms with E-state index in [-0.39, 0.29) is 11.7 Å². The Hall–Kier alpha value is -3.00. The highest BCUT2D eigenvalue weighted by molar-refractivity contribution is 7.99. The molecule has 0 aliphatic rings. The molecule has 0 aliphatic heterocycles. The molecule has 2 aromatic carbocycles. The van der Waals surface area contributed by atoms with Crippen molar-refractivity contribution in [2.24, 2.45) is 0 Å². The highest BCUT2D eigenvalue weighted by Crippen LogP contribution is 2.26. The summed E-state index contributed by atoms with van der Waals surface area (Å²) in [7, 11) is 3.27. The molecular formula is C23H28N4O3S. The number of carbonyl (C=O) groups is 1. The zero-order chi connectivity index (χ0) is 22.1. The van der Waals surface area contributed by atoms with Crippen molar-refractivity contribution in [1.82, 2.24) is 20.1 Å². The zero-order valence-corrected chi connectivity index (χ0v) is 18.9. The fraction of sp³-hybridized carbons (Fsp3) is 0.348. The van der Waals surface area contributed by atoms with Crippen LogP contribution >= 0.6 is 11.8 Å². The summed E-state index contributed by atoms with van der Waals surface area (Å²) in [5.41, 5.74) is 1.91. The van der Waals surface area contributed by atoms with Crippen molar-refractivity contribution in [2.45, 2.75) is 38.0 Å². The number of rotatable bonds is 11. The van der Waals surface area contributed by atoms with Gasteiger partial charge in [0.25, 0.3) is 0 Å². The first-order valence-corrected chi connectivity index (χ1v) is 11.2. The van der Waals surface area contributed by atoms with E-state index < -0.39 is 0 Å². The molecular weight excluding hydrogens is 412 g/mol.